The van der Waals surface area contributed by atoms with Crippen molar-refractivity contribution in [3.63, 3.8) is 0 Å². The van der Waals surface area contributed by atoms with Gasteiger partial charge < -0.3 is 9.47 Å². The summed E-state index contributed by atoms with van der Waals surface area (Å²) in [5.41, 5.74) is -2.37. The van der Waals surface area contributed by atoms with Crippen LogP contribution in [0.1, 0.15) is 26.0 Å². The standard InChI is InChI=1S/C12H13N3O5/c1-8(16)19-7-12(6-13)4-2-10(20-12)15-5-3-9(17)14-11(15)18/h3,5,10H,2,4,7H2,1H3,(H,14,17,18)/t10-,12-/m1/s1. The van der Waals surface area contributed by atoms with Crippen LogP contribution in [0.5, 0.6) is 0 Å². The Morgan fingerprint density at radius 2 is 2.45 bits per heavy atom. The molecule has 1 fully saturated rings. The lowest BCUT2D eigenvalue weighted by Gasteiger charge is -2.21. The third-order valence-corrected chi connectivity index (χ3v) is 3.03. The average Bonchev–Trinajstić information content (AvgIpc) is 2.81. The fourth-order valence-corrected chi connectivity index (χ4v) is 2.02. The monoisotopic (exact) mass is 279 g/mol. The van der Waals surface area contributed by atoms with Crippen LogP contribution in [0, 0.1) is 11.3 Å². The summed E-state index contributed by atoms with van der Waals surface area (Å²) in [4.78, 5) is 35.6. The van der Waals surface area contributed by atoms with Crippen LogP contribution in [0.4, 0.5) is 0 Å². The minimum Gasteiger partial charge on any atom is -0.462 e. The van der Waals surface area contributed by atoms with Crippen LogP contribution in [0.15, 0.2) is 21.9 Å². The second-order valence-corrected chi connectivity index (χ2v) is 4.51. The molecular formula is C12H13N3O5. The molecule has 0 amide bonds. The molecule has 8 nitrogen and oxygen atoms in total. The molecule has 0 unspecified atom stereocenters. The van der Waals surface area contributed by atoms with Crippen LogP contribution < -0.4 is 11.2 Å². The lowest BCUT2D eigenvalue weighted by atomic mass is 10.0. The molecular weight excluding hydrogens is 266 g/mol. The predicted molar refractivity (Wildman–Crippen MR) is 65.7 cm³/mol. The van der Waals surface area contributed by atoms with Gasteiger partial charge in [-0.3, -0.25) is 19.1 Å². The zero-order chi connectivity index (χ0) is 14.8. The molecule has 2 rings (SSSR count). The molecule has 2 atom stereocenters. The maximum absolute atomic E-state index is 11.7. The zero-order valence-electron chi connectivity index (χ0n) is 10.8. The van der Waals surface area contributed by atoms with Crippen molar-refractivity contribution in [2.75, 3.05) is 6.61 Å². The third kappa shape index (κ3) is 2.78. The molecule has 0 aromatic carbocycles. The van der Waals surface area contributed by atoms with E-state index in [4.69, 9.17) is 9.47 Å². The van der Waals surface area contributed by atoms with E-state index < -0.39 is 29.0 Å². The first-order valence-electron chi connectivity index (χ1n) is 6.00. The van der Waals surface area contributed by atoms with Gasteiger partial charge in [-0.15, -0.1) is 0 Å². The number of nitrogens with one attached hydrogen (secondary N) is 1. The highest BCUT2D eigenvalue weighted by molar-refractivity contribution is 5.66. The summed E-state index contributed by atoms with van der Waals surface area (Å²) in [6.45, 7) is 1.05. The number of nitriles is 1. The molecule has 1 N–H and O–H groups in total. The molecule has 2 heterocycles. The van der Waals surface area contributed by atoms with Crippen LogP contribution in [-0.4, -0.2) is 27.7 Å². The van der Waals surface area contributed by atoms with Crippen molar-refractivity contribution in [3.05, 3.63) is 33.1 Å². The largest absolute Gasteiger partial charge is 0.462 e. The molecule has 1 saturated heterocycles. The first-order chi connectivity index (χ1) is 9.46. The Bertz CT molecular complexity index is 671. The summed E-state index contributed by atoms with van der Waals surface area (Å²) in [6, 6.07) is 3.17. The van der Waals surface area contributed by atoms with E-state index in [1.165, 1.54) is 23.8 Å². The SMILES string of the molecule is CC(=O)OC[C@]1(C#N)CC[C@H](n2ccc(=O)[nH]c2=O)O1. The second kappa shape index (κ2) is 5.30. The molecule has 106 valence electrons. The lowest BCUT2D eigenvalue weighted by molar-refractivity contribution is -0.150. The number of esters is 1. The Morgan fingerprint density at radius 3 is 3.05 bits per heavy atom. The van der Waals surface area contributed by atoms with Gasteiger partial charge in [0.05, 0.1) is 0 Å². The predicted octanol–water partition coefficient (Wildman–Crippen LogP) is -0.329. The van der Waals surface area contributed by atoms with E-state index >= 15 is 0 Å². The molecule has 20 heavy (non-hydrogen) atoms. The van der Waals surface area contributed by atoms with E-state index in [1.54, 1.807) is 0 Å². The van der Waals surface area contributed by atoms with Crippen LogP contribution >= 0.6 is 0 Å². The molecule has 1 aromatic heterocycles. The summed E-state index contributed by atoms with van der Waals surface area (Å²) in [5, 5.41) is 9.20. The number of rotatable bonds is 3. The van der Waals surface area contributed by atoms with E-state index in [0.717, 1.165) is 0 Å². The topological polar surface area (TPSA) is 114 Å². The van der Waals surface area contributed by atoms with Crippen molar-refractivity contribution in [2.45, 2.75) is 31.6 Å². The number of H-pyrrole nitrogens is 1. The summed E-state index contributed by atoms with van der Waals surface area (Å²) in [6.07, 6.45) is 1.37. The highest BCUT2D eigenvalue weighted by Gasteiger charge is 2.42. The summed E-state index contributed by atoms with van der Waals surface area (Å²) < 4.78 is 11.6. The van der Waals surface area contributed by atoms with Gasteiger partial charge in [0.2, 0.25) is 0 Å². The molecule has 1 aliphatic heterocycles. The normalized spacial score (nSPS) is 25.1. The summed E-state index contributed by atoms with van der Waals surface area (Å²) >= 11 is 0. The minimum absolute atomic E-state index is 0.187. The van der Waals surface area contributed by atoms with Gasteiger partial charge in [-0.2, -0.15) is 5.26 Å². The van der Waals surface area contributed by atoms with Crippen molar-refractivity contribution in [1.29, 1.82) is 5.26 Å². The Morgan fingerprint density at radius 1 is 1.70 bits per heavy atom. The Balaban J connectivity index is 2.18. The highest BCUT2D eigenvalue weighted by Crippen LogP contribution is 2.35. The summed E-state index contributed by atoms with van der Waals surface area (Å²) in [5.74, 6) is -0.507. The molecule has 0 bridgehead atoms. The van der Waals surface area contributed by atoms with Gasteiger partial charge in [0.15, 0.2) is 5.60 Å². The van der Waals surface area contributed by atoms with E-state index in [0.29, 0.717) is 12.8 Å². The van der Waals surface area contributed by atoms with Gasteiger partial charge in [-0.1, -0.05) is 0 Å². The lowest BCUT2D eigenvalue weighted by Crippen LogP contribution is -2.36. The number of nitrogens with zero attached hydrogens (tertiary/aromatic N) is 2. The van der Waals surface area contributed by atoms with Gasteiger partial charge in [-0.05, 0) is 12.8 Å². The Kier molecular flexibility index (Phi) is 3.72. The van der Waals surface area contributed by atoms with Crippen LogP contribution in [0.25, 0.3) is 0 Å². The van der Waals surface area contributed by atoms with E-state index in [2.05, 4.69) is 4.98 Å². The first-order valence-corrected chi connectivity index (χ1v) is 6.00. The number of aromatic nitrogens is 2. The molecule has 8 heteroatoms. The van der Waals surface area contributed by atoms with Gasteiger partial charge in [0.25, 0.3) is 5.56 Å². The average molecular weight is 279 g/mol. The van der Waals surface area contributed by atoms with Crippen LogP contribution in [0.2, 0.25) is 0 Å². The van der Waals surface area contributed by atoms with Crippen LogP contribution in [-0.2, 0) is 14.3 Å². The Labute approximate surface area is 113 Å². The molecule has 1 aromatic rings. The number of hydrogen-bond acceptors (Lipinski definition) is 6. The van der Waals surface area contributed by atoms with Crippen molar-refractivity contribution in [3.8, 4) is 6.07 Å². The van der Waals surface area contributed by atoms with Crippen molar-refractivity contribution in [1.82, 2.24) is 9.55 Å². The number of aromatic amines is 1. The maximum Gasteiger partial charge on any atom is 0.330 e. The fourth-order valence-electron chi connectivity index (χ4n) is 2.02. The number of ether oxygens (including phenoxy) is 2. The third-order valence-electron chi connectivity index (χ3n) is 3.03. The minimum atomic E-state index is -1.26. The van der Waals surface area contributed by atoms with Crippen molar-refractivity contribution in [2.24, 2.45) is 0 Å². The van der Waals surface area contributed by atoms with Gasteiger partial charge in [-0.25, -0.2) is 4.79 Å². The van der Waals surface area contributed by atoms with Crippen molar-refractivity contribution < 1.29 is 14.3 Å². The number of carbonyl (C=O) groups is 1. The van der Waals surface area contributed by atoms with Gasteiger partial charge in [0.1, 0.15) is 18.9 Å². The van der Waals surface area contributed by atoms with E-state index in [1.807, 2.05) is 6.07 Å². The van der Waals surface area contributed by atoms with Gasteiger partial charge in [0, 0.05) is 19.2 Å². The molecule has 0 saturated carbocycles. The maximum atomic E-state index is 11.7. The fraction of sp³-hybridized carbons (Fsp3) is 0.500. The molecule has 0 radical (unpaired) electrons. The van der Waals surface area contributed by atoms with E-state index in [9.17, 15) is 19.6 Å². The number of hydrogen-bond donors (Lipinski definition) is 1. The molecule has 1 aliphatic rings. The highest BCUT2D eigenvalue weighted by atomic mass is 16.6. The summed E-state index contributed by atoms with van der Waals surface area (Å²) in [7, 11) is 0. The zero-order valence-corrected chi connectivity index (χ0v) is 10.8. The molecule has 0 aliphatic carbocycles. The van der Waals surface area contributed by atoms with Crippen LogP contribution in [0.3, 0.4) is 0 Å². The van der Waals surface area contributed by atoms with E-state index in [-0.39, 0.29) is 6.61 Å². The van der Waals surface area contributed by atoms with Gasteiger partial charge >= 0.3 is 11.7 Å². The second-order valence-electron chi connectivity index (χ2n) is 4.51. The Hall–Kier alpha value is -2.40. The number of carbonyl (C=O) groups excluding carboxylic acids is 1. The quantitative estimate of drug-likeness (QED) is 0.758. The first kappa shape index (κ1) is 14.0. The van der Waals surface area contributed by atoms with Crippen molar-refractivity contribution >= 4 is 5.97 Å². The smallest absolute Gasteiger partial charge is 0.330 e. The molecule has 0 spiro atoms.